The number of ether oxygens (including phenoxy) is 1. The smallest absolute Gasteiger partial charge is 0.169 e. The highest BCUT2D eigenvalue weighted by atomic mass is 35.5. The molecule has 3 aromatic rings. The van der Waals surface area contributed by atoms with E-state index in [1.165, 1.54) is 16.7 Å². The molecule has 0 heterocycles. The zero-order chi connectivity index (χ0) is 24.6. The molecule has 192 valence electrons. The number of carbonyl (C=O) groups excluding carboxylic acids is 1. The lowest BCUT2D eigenvalue weighted by Crippen LogP contribution is -2.39. The van der Waals surface area contributed by atoms with Crippen molar-refractivity contribution in [3.8, 4) is 5.75 Å². The number of rotatable bonds is 10. The Morgan fingerprint density at radius 1 is 1.08 bits per heavy atom. The van der Waals surface area contributed by atoms with Crippen molar-refractivity contribution < 1.29 is 14.6 Å². The largest absolute Gasteiger partial charge is 0.486 e. The molecule has 1 N–H and O–H groups in total. The van der Waals surface area contributed by atoms with Crippen LogP contribution in [0.25, 0.3) is 0 Å². The summed E-state index contributed by atoms with van der Waals surface area (Å²) in [5.41, 5.74) is 4.67. The average Bonchev–Trinajstić information content (AvgIpc) is 3.09. The fourth-order valence-corrected chi connectivity index (χ4v) is 4.99. The van der Waals surface area contributed by atoms with Crippen molar-refractivity contribution in [3.63, 3.8) is 0 Å². The number of aliphatic hydroxyl groups is 1. The van der Waals surface area contributed by atoms with Crippen LogP contribution in [0.4, 0.5) is 0 Å². The Kier molecular flexibility index (Phi) is 10.8. The molecule has 0 spiro atoms. The second kappa shape index (κ2) is 13.8. The lowest BCUT2D eigenvalue weighted by atomic mass is 9.99. The van der Waals surface area contributed by atoms with Gasteiger partial charge in [-0.3, -0.25) is 9.69 Å². The summed E-state index contributed by atoms with van der Waals surface area (Å²) in [6.07, 6.45) is 3.89. The van der Waals surface area contributed by atoms with Gasteiger partial charge in [-0.15, -0.1) is 12.4 Å². The van der Waals surface area contributed by atoms with Crippen molar-refractivity contribution in [3.05, 3.63) is 100 Å². The predicted octanol–water partition coefficient (Wildman–Crippen LogP) is 6.60. The maximum Gasteiger partial charge on any atom is 0.169 e. The van der Waals surface area contributed by atoms with Gasteiger partial charge in [0.15, 0.2) is 5.78 Å². The van der Waals surface area contributed by atoms with Crippen LogP contribution in [0, 0.1) is 0 Å². The van der Waals surface area contributed by atoms with Crippen LogP contribution >= 0.6 is 24.0 Å². The fourth-order valence-electron chi connectivity index (χ4n) is 4.79. The van der Waals surface area contributed by atoms with Crippen LogP contribution in [0.2, 0.25) is 5.02 Å². The average molecular weight is 529 g/mol. The zero-order valence-corrected chi connectivity index (χ0v) is 22.3. The Hall–Kier alpha value is -2.37. The highest BCUT2D eigenvalue weighted by molar-refractivity contribution is 6.30. The standard InChI is InChI=1S/C30H34ClNO3.ClH/c1-2-28(33)21-35-29-15-14-23-10-7-13-27(17-25(23)18-29)32(19-22-8-4-3-5-9-22)20-30(34)24-11-6-12-26(31)16-24;/h3-6,8-9,11-12,14-16,18,27,30,34H,2,7,10,13,17,19-21H2,1H3;1H/t27?,30-;/m0./s1. The summed E-state index contributed by atoms with van der Waals surface area (Å²) < 4.78 is 5.77. The number of nitrogens with zero attached hydrogens (tertiary/aromatic N) is 1. The van der Waals surface area contributed by atoms with Gasteiger partial charge < -0.3 is 9.84 Å². The molecular formula is C30H35Cl2NO3. The molecule has 0 fully saturated rings. The molecule has 2 atom stereocenters. The predicted molar refractivity (Wildman–Crippen MR) is 148 cm³/mol. The molecule has 0 aliphatic heterocycles. The van der Waals surface area contributed by atoms with Gasteiger partial charge in [0.05, 0.1) is 6.10 Å². The van der Waals surface area contributed by atoms with E-state index in [2.05, 4.69) is 41.3 Å². The summed E-state index contributed by atoms with van der Waals surface area (Å²) in [5, 5.41) is 11.8. The number of hydrogen-bond acceptors (Lipinski definition) is 4. The van der Waals surface area contributed by atoms with Gasteiger partial charge in [0, 0.05) is 30.6 Å². The number of fused-ring (bicyclic) bond motifs is 1. The molecule has 0 bridgehead atoms. The van der Waals surface area contributed by atoms with Gasteiger partial charge in [0.25, 0.3) is 0 Å². The number of Topliss-reactive ketones (excluding diaryl/α,β-unsaturated/α-hetero) is 1. The van der Waals surface area contributed by atoms with Gasteiger partial charge in [-0.25, -0.2) is 0 Å². The molecule has 3 aromatic carbocycles. The quantitative estimate of drug-likeness (QED) is 0.301. The molecule has 0 saturated carbocycles. The van der Waals surface area contributed by atoms with Crippen LogP contribution in [0.3, 0.4) is 0 Å². The number of carbonyl (C=O) groups is 1. The Morgan fingerprint density at radius 3 is 2.64 bits per heavy atom. The van der Waals surface area contributed by atoms with Crippen LogP contribution < -0.4 is 4.74 Å². The molecule has 36 heavy (non-hydrogen) atoms. The number of aryl methyl sites for hydroxylation is 1. The summed E-state index contributed by atoms with van der Waals surface area (Å²) in [4.78, 5) is 14.1. The summed E-state index contributed by atoms with van der Waals surface area (Å²) in [7, 11) is 0. The Labute approximate surface area is 225 Å². The van der Waals surface area contributed by atoms with E-state index in [-0.39, 0.29) is 30.8 Å². The molecule has 1 aliphatic carbocycles. The minimum Gasteiger partial charge on any atom is -0.486 e. The Bertz CT molecular complexity index is 1120. The minimum atomic E-state index is -0.630. The van der Waals surface area contributed by atoms with Crippen molar-refractivity contribution in [1.29, 1.82) is 0 Å². The molecular weight excluding hydrogens is 493 g/mol. The first-order chi connectivity index (χ1) is 17.0. The van der Waals surface area contributed by atoms with E-state index < -0.39 is 6.10 Å². The maximum atomic E-state index is 11.7. The normalized spacial score (nSPS) is 15.9. The summed E-state index contributed by atoms with van der Waals surface area (Å²) >= 11 is 6.19. The van der Waals surface area contributed by atoms with Crippen LogP contribution in [-0.2, 0) is 24.2 Å². The van der Waals surface area contributed by atoms with Crippen molar-refractivity contribution in [2.45, 2.75) is 57.7 Å². The molecule has 0 amide bonds. The van der Waals surface area contributed by atoms with Crippen LogP contribution in [0.15, 0.2) is 72.8 Å². The lowest BCUT2D eigenvalue weighted by Gasteiger charge is -2.33. The maximum absolute atomic E-state index is 11.7. The SMILES string of the molecule is CCC(=O)COc1ccc2c(c1)CC(N(Cc1ccccc1)C[C@H](O)c1cccc(Cl)c1)CCC2.Cl. The van der Waals surface area contributed by atoms with E-state index in [1.807, 2.05) is 43.3 Å². The van der Waals surface area contributed by atoms with Crippen LogP contribution in [-0.4, -0.2) is 35.0 Å². The molecule has 0 aromatic heterocycles. The number of hydrogen-bond donors (Lipinski definition) is 1. The molecule has 1 unspecified atom stereocenters. The zero-order valence-electron chi connectivity index (χ0n) is 20.7. The monoisotopic (exact) mass is 527 g/mol. The topological polar surface area (TPSA) is 49.8 Å². The van der Waals surface area contributed by atoms with E-state index in [4.69, 9.17) is 16.3 Å². The van der Waals surface area contributed by atoms with Crippen LogP contribution in [0.5, 0.6) is 5.75 Å². The van der Waals surface area contributed by atoms with Gasteiger partial charge in [-0.05, 0) is 72.2 Å². The second-order valence-electron chi connectivity index (χ2n) is 9.35. The van der Waals surface area contributed by atoms with Crippen molar-refractivity contribution in [2.75, 3.05) is 13.2 Å². The molecule has 0 saturated heterocycles. The van der Waals surface area contributed by atoms with Gasteiger partial charge in [0.2, 0.25) is 0 Å². The first-order valence-corrected chi connectivity index (χ1v) is 12.9. The number of halogens is 2. The first kappa shape index (κ1) is 28.2. The van der Waals surface area contributed by atoms with E-state index in [9.17, 15) is 9.90 Å². The van der Waals surface area contributed by atoms with E-state index in [0.717, 1.165) is 43.5 Å². The molecule has 6 heteroatoms. The highest BCUT2D eigenvalue weighted by Gasteiger charge is 2.26. The van der Waals surface area contributed by atoms with Gasteiger partial charge >= 0.3 is 0 Å². The van der Waals surface area contributed by atoms with Gasteiger partial charge in [-0.2, -0.15) is 0 Å². The highest BCUT2D eigenvalue weighted by Crippen LogP contribution is 2.29. The van der Waals surface area contributed by atoms with Crippen molar-refractivity contribution >= 4 is 29.8 Å². The number of benzene rings is 3. The fraction of sp³-hybridized carbons (Fsp3) is 0.367. The summed E-state index contributed by atoms with van der Waals surface area (Å²) in [6.45, 7) is 3.26. The molecule has 4 nitrogen and oxygen atoms in total. The third-order valence-electron chi connectivity index (χ3n) is 6.80. The number of ketones is 1. The summed E-state index contributed by atoms with van der Waals surface area (Å²) in [5.74, 6) is 0.849. The van der Waals surface area contributed by atoms with Gasteiger partial charge in [-0.1, -0.05) is 67.1 Å². The Balaban J connectivity index is 0.00000361. The van der Waals surface area contributed by atoms with E-state index >= 15 is 0 Å². The third kappa shape index (κ3) is 7.81. The van der Waals surface area contributed by atoms with Gasteiger partial charge in [0.1, 0.15) is 12.4 Å². The van der Waals surface area contributed by atoms with E-state index in [1.54, 1.807) is 0 Å². The molecule has 4 rings (SSSR count). The third-order valence-corrected chi connectivity index (χ3v) is 7.03. The van der Waals surface area contributed by atoms with Crippen LogP contribution in [0.1, 0.15) is 54.5 Å². The molecule has 1 aliphatic rings. The first-order valence-electron chi connectivity index (χ1n) is 12.5. The van der Waals surface area contributed by atoms with E-state index in [0.29, 0.717) is 18.0 Å². The number of aliphatic hydroxyl groups excluding tert-OH is 1. The molecule has 0 radical (unpaired) electrons. The second-order valence-corrected chi connectivity index (χ2v) is 9.78. The lowest BCUT2D eigenvalue weighted by molar-refractivity contribution is -0.120. The van der Waals surface area contributed by atoms with Crippen molar-refractivity contribution in [2.24, 2.45) is 0 Å². The van der Waals surface area contributed by atoms with Crippen molar-refractivity contribution in [1.82, 2.24) is 4.90 Å². The minimum absolute atomic E-state index is 0. The Morgan fingerprint density at radius 2 is 1.89 bits per heavy atom. The summed E-state index contributed by atoms with van der Waals surface area (Å²) in [6, 6.07) is 24.4.